The molecule has 0 fully saturated rings. The lowest BCUT2D eigenvalue weighted by Crippen LogP contribution is -2.16. The van der Waals surface area contributed by atoms with E-state index in [1.165, 1.54) is 5.56 Å². The first kappa shape index (κ1) is 22.2. The number of ether oxygens (including phenoxy) is 3. The summed E-state index contributed by atoms with van der Waals surface area (Å²) in [5.41, 5.74) is 2.31. The van der Waals surface area contributed by atoms with Crippen LogP contribution in [0.3, 0.4) is 0 Å². The first-order valence-corrected chi connectivity index (χ1v) is 8.49. The predicted octanol–water partition coefficient (Wildman–Crippen LogP) is 4.68. The summed E-state index contributed by atoms with van der Waals surface area (Å²) in [7, 11) is 3.27. The van der Waals surface area contributed by atoms with Crippen molar-refractivity contribution in [2.45, 2.75) is 13.0 Å². The molecule has 0 saturated heterocycles. The zero-order chi connectivity index (χ0) is 18.1. The van der Waals surface area contributed by atoms with Gasteiger partial charge >= 0.3 is 0 Å². The summed E-state index contributed by atoms with van der Waals surface area (Å²) in [5.74, 6) is 2.05. The largest absolute Gasteiger partial charge is 0.497 e. The molecule has 0 amide bonds. The normalized spacial score (nSPS) is 9.96. The van der Waals surface area contributed by atoms with Gasteiger partial charge in [-0.25, -0.2) is 0 Å². The van der Waals surface area contributed by atoms with Gasteiger partial charge in [0.15, 0.2) is 11.5 Å². The Bertz CT molecular complexity index is 690. The molecule has 1 N–H and O–H groups in total. The van der Waals surface area contributed by atoms with E-state index in [1.54, 1.807) is 20.3 Å². The minimum atomic E-state index is 0. The first-order chi connectivity index (χ1) is 12.2. The van der Waals surface area contributed by atoms with Crippen LogP contribution in [0.15, 0.2) is 49.1 Å². The van der Waals surface area contributed by atoms with E-state index in [0.29, 0.717) is 29.7 Å². The summed E-state index contributed by atoms with van der Waals surface area (Å²) in [4.78, 5) is 0. The minimum absolute atomic E-state index is 0. The molecule has 0 saturated carbocycles. The number of hydrogen-bond donors (Lipinski definition) is 1. The number of nitrogens with one attached hydrogen (secondary N) is 1. The molecule has 2 aromatic rings. The van der Waals surface area contributed by atoms with E-state index >= 15 is 0 Å². The van der Waals surface area contributed by atoms with Crippen molar-refractivity contribution < 1.29 is 14.2 Å². The minimum Gasteiger partial charge on any atom is -0.497 e. The molecule has 2 rings (SSSR count). The number of rotatable bonds is 10. The van der Waals surface area contributed by atoms with Crippen LogP contribution in [0.1, 0.15) is 11.1 Å². The lowest BCUT2D eigenvalue weighted by Gasteiger charge is -2.13. The van der Waals surface area contributed by atoms with Gasteiger partial charge in [-0.1, -0.05) is 36.4 Å². The Morgan fingerprint density at radius 2 is 1.81 bits per heavy atom. The molecule has 0 heterocycles. The Kier molecular flexibility index (Phi) is 9.96. The Hall–Kier alpha value is -1.88. The Morgan fingerprint density at radius 3 is 2.42 bits per heavy atom. The van der Waals surface area contributed by atoms with E-state index in [-0.39, 0.29) is 12.4 Å². The third-order valence-electron chi connectivity index (χ3n) is 3.71. The quantitative estimate of drug-likeness (QED) is 0.466. The maximum Gasteiger partial charge on any atom is 0.180 e. The van der Waals surface area contributed by atoms with Gasteiger partial charge in [0.05, 0.1) is 19.2 Å². The molecule has 0 spiro atoms. The van der Waals surface area contributed by atoms with E-state index in [4.69, 9.17) is 25.8 Å². The van der Waals surface area contributed by atoms with E-state index in [0.717, 1.165) is 24.3 Å². The van der Waals surface area contributed by atoms with E-state index < -0.39 is 0 Å². The van der Waals surface area contributed by atoms with Crippen molar-refractivity contribution in [1.29, 1.82) is 0 Å². The Labute approximate surface area is 166 Å². The van der Waals surface area contributed by atoms with Crippen molar-refractivity contribution >= 4 is 24.0 Å². The molecule has 26 heavy (non-hydrogen) atoms. The highest BCUT2D eigenvalue weighted by Crippen LogP contribution is 2.36. The van der Waals surface area contributed by atoms with Crippen LogP contribution < -0.4 is 19.5 Å². The molecular formula is C20H25Cl2NO3. The Balaban J connectivity index is 0.00000338. The SMILES string of the molecule is C=CCOc1c(Cl)cc(CNCCc2ccc(OC)cc2)cc1OC.Cl. The maximum atomic E-state index is 6.31. The molecule has 0 radical (unpaired) electrons. The number of halogens is 2. The lowest BCUT2D eigenvalue weighted by molar-refractivity contribution is 0.326. The number of benzene rings is 2. The highest BCUT2D eigenvalue weighted by atomic mass is 35.5. The molecule has 0 atom stereocenters. The fourth-order valence-corrected chi connectivity index (χ4v) is 2.70. The van der Waals surface area contributed by atoms with E-state index in [9.17, 15) is 0 Å². The summed E-state index contributed by atoms with van der Waals surface area (Å²) in [5, 5.41) is 3.95. The molecule has 0 aliphatic carbocycles. The smallest absolute Gasteiger partial charge is 0.180 e. The molecule has 0 aromatic heterocycles. The Morgan fingerprint density at radius 1 is 1.08 bits per heavy atom. The summed E-state index contributed by atoms with van der Waals surface area (Å²) < 4.78 is 16.1. The van der Waals surface area contributed by atoms with Crippen LogP contribution in [0, 0.1) is 0 Å². The first-order valence-electron chi connectivity index (χ1n) is 8.11. The predicted molar refractivity (Wildman–Crippen MR) is 109 cm³/mol. The zero-order valence-corrected chi connectivity index (χ0v) is 16.7. The van der Waals surface area contributed by atoms with Crippen molar-refractivity contribution in [2.24, 2.45) is 0 Å². The molecule has 0 aliphatic heterocycles. The lowest BCUT2D eigenvalue weighted by atomic mass is 10.1. The third kappa shape index (κ3) is 6.45. The van der Waals surface area contributed by atoms with Gasteiger partial charge in [0.25, 0.3) is 0 Å². The van der Waals surface area contributed by atoms with Crippen LogP contribution in [0.2, 0.25) is 5.02 Å². The topological polar surface area (TPSA) is 39.7 Å². The van der Waals surface area contributed by atoms with Crippen LogP contribution in [0.5, 0.6) is 17.2 Å². The third-order valence-corrected chi connectivity index (χ3v) is 3.99. The van der Waals surface area contributed by atoms with Crippen molar-refractivity contribution in [3.8, 4) is 17.2 Å². The standard InChI is InChI=1S/C20H24ClNO3.ClH/c1-4-11-25-20-18(21)12-16(13-19(20)24-3)14-22-10-9-15-5-7-17(23-2)8-6-15;/h4-8,12-13,22H,1,9-11,14H2,2-3H3;1H. The van der Waals surface area contributed by atoms with E-state index in [2.05, 4.69) is 24.0 Å². The summed E-state index contributed by atoms with van der Waals surface area (Å²) in [6.45, 7) is 5.59. The monoisotopic (exact) mass is 397 g/mol. The average molecular weight is 398 g/mol. The van der Waals surface area contributed by atoms with Gasteiger partial charge in [-0.3, -0.25) is 0 Å². The van der Waals surface area contributed by atoms with Crippen LogP contribution in [0.4, 0.5) is 0 Å². The van der Waals surface area contributed by atoms with Crippen LogP contribution in [-0.4, -0.2) is 27.4 Å². The van der Waals surface area contributed by atoms with Crippen LogP contribution in [0.25, 0.3) is 0 Å². The van der Waals surface area contributed by atoms with Gasteiger partial charge in [0, 0.05) is 6.54 Å². The highest BCUT2D eigenvalue weighted by Gasteiger charge is 2.11. The fraction of sp³-hybridized carbons (Fsp3) is 0.300. The summed E-state index contributed by atoms with van der Waals surface area (Å²) in [6.07, 6.45) is 2.61. The molecule has 0 unspecified atom stereocenters. The second-order valence-corrected chi connectivity index (χ2v) is 5.89. The molecule has 2 aromatic carbocycles. The van der Waals surface area contributed by atoms with Crippen molar-refractivity contribution in [2.75, 3.05) is 27.4 Å². The van der Waals surface area contributed by atoms with Gasteiger partial charge in [0.1, 0.15) is 12.4 Å². The highest BCUT2D eigenvalue weighted by molar-refractivity contribution is 6.32. The van der Waals surface area contributed by atoms with Crippen molar-refractivity contribution in [3.05, 3.63) is 65.2 Å². The molecule has 142 valence electrons. The molecule has 6 heteroatoms. The average Bonchev–Trinajstić information content (AvgIpc) is 2.64. The number of methoxy groups -OCH3 is 2. The van der Waals surface area contributed by atoms with Crippen LogP contribution in [-0.2, 0) is 13.0 Å². The zero-order valence-electron chi connectivity index (χ0n) is 15.1. The van der Waals surface area contributed by atoms with Crippen molar-refractivity contribution in [3.63, 3.8) is 0 Å². The second-order valence-electron chi connectivity index (χ2n) is 5.48. The fourth-order valence-electron chi connectivity index (χ4n) is 2.42. The van der Waals surface area contributed by atoms with Crippen LogP contribution >= 0.6 is 24.0 Å². The molecule has 4 nitrogen and oxygen atoms in total. The maximum absolute atomic E-state index is 6.31. The second kappa shape index (κ2) is 11.7. The van der Waals surface area contributed by atoms with Gasteiger partial charge in [-0.15, -0.1) is 12.4 Å². The molecule has 0 bridgehead atoms. The van der Waals surface area contributed by atoms with E-state index in [1.807, 2.05) is 24.3 Å². The van der Waals surface area contributed by atoms with Gasteiger partial charge in [0.2, 0.25) is 0 Å². The summed E-state index contributed by atoms with van der Waals surface area (Å²) in [6, 6.07) is 11.9. The summed E-state index contributed by atoms with van der Waals surface area (Å²) >= 11 is 6.31. The van der Waals surface area contributed by atoms with Gasteiger partial charge < -0.3 is 19.5 Å². The molecule has 0 aliphatic rings. The van der Waals surface area contributed by atoms with Crippen molar-refractivity contribution in [1.82, 2.24) is 5.32 Å². The van der Waals surface area contributed by atoms with Gasteiger partial charge in [-0.05, 0) is 48.4 Å². The van der Waals surface area contributed by atoms with Gasteiger partial charge in [-0.2, -0.15) is 0 Å². The molecular weight excluding hydrogens is 373 g/mol. The number of hydrogen-bond acceptors (Lipinski definition) is 4.